The van der Waals surface area contributed by atoms with E-state index < -0.39 is 0 Å². The molecule has 26 heavy (non-hydrogen) atoms. The first-order chi connectivity index (χ1) is 12.7. The number of rotatable bonds is 6. The van der Waals surface area contributed by atoms with Crippen molar-refractivity contribution in [3.8, 4) is 0 Å². The third-order valence-electron chi connectivity index (χ3n) is 5.87. The fourth-order valence-electron chi connectivity index (χ4n) is 4.34. The van der Waals surface area contributed by atoms with Crippen LogP contribution in [0.25, 0.3) is 0 Å². The molecule has 4 nitrogen and oxygen atoms in total. The molecule has 0 bridgehead atoms. The van der Waals surface area contributed by atoms with Gasteiger partial charge in [0.15, 0.2) is 0 Å². The number of thioether (sulfide) groups is 1. The molecule has 0 aromatic heterocycles. The van der Waals surface area contributed by atoms with Gasteiger partial charge in [0.2, 0.25) is 5.91 Å². The van der Waals surface area contributed by atoms with Crippen molar-refractivity contribution in [2.24, 2.45) is 5.73 Å². The van der Waals surface area contributed by atoms with Crippen LogP contribution in [0.15, 0.2) is 30.3 Å². The summed E-state index contributed by atoms with van der Waals surface area (Å²) in [5.41, 5.74) is 7.79. The largest absolute Gasteiger partial charge is 0.376 e. The van der Waals surface area contributed by atoms with Gasteiger partial charge in [0.25, 0.3) is 0 Å². The van der Waals surface area contributed by atoms with Crippen molar-refractivity contribution in [3.63, 3.8) is 0 Å². The van der Waals surface area contributed by atoms with Crippen LogP contribution < -0.4 is 5.73 Å². The highest BCUT2D eigenvalue weighted by Gasteiger charge is 2.33. The third-order valence-corrected chi connectivity index (χ3v) is 6.40. The Kier molecular flexibility index (Phi) is 7.41. The maximum Gasteiger partial charge on any atom is 0.232 e. The maximum absolute atomic E-state index is 12.4. The van der Waals surface area contributed by atoms with Crippen LogP contribution in [0.2, 0.25) is 0 Å². The van der Waals surface area contributed by atoms with Gasteiger partial charge < -0.3 is 15.4 Å². The molecule has 1 heterocycles. The van der Waals surface area contributed by atoms with E-state index in [4.69, 9.17) is 10.5 Å². The zero-order chi connectivity index (χ0) is 18.4. The van der Waals surface area contributed by atoms with Crippen LogP contribution in [0.3, 0.4) is 0 Å². The average molecular weight is 377 g/mol. The molecule has 1 aliphatic heterocycles. The van der Waals surface area contributed by atoms with E-state index in [0.29, 0.717) is 24.4 Å². The van der Waals surface area contributed by atoms with Crippen LogP contribution >= 0.6 is 11.8 Å². The lowest BCUT2D eigenvalue weighted by Gasteiger charge is -2.40. The lowest BCUT2D eigenvalue weighted by molar-refractivity contribution is -0.135. The minimum Gasteiger partial charge on any atom is -0.376 e. The predicted molar refractivity (Wildman–Crippen MR) is 108 cm³/mol. The molecule has 1 aromatic rings. The van der Waals surface area contributed by atoms with E-state index in [1.807, 2.05) is 11.2 Å². The number of carbonyl (C=O) groups is 1. The van der Waals surface area contributed by atoms with E-state index in [1.54, 1.807) is 11.8 Å². The van der Waals surface area contributed by atoms with E-state index in [-0.39, 0.29) is 18.0 Å². The second kappa shape index (κ2) is 9.77. The Morgan fingerprint density at radius 3 is 2.62 bits per heavy atom. The summed E-state index contributed by atoms with van der Waals surface area (Å²) in [6.07, 6.45) is 8.82. The molecular weight excluding hydrogens is 344 g/mol. The zero-order valence-corrected chi connectivity index (χ0v) is 16.6. The maximum atomic E-state index is 12.4. The van der Waals surface area contributed by atoms with Gasteiger partial charge in [0.05, 0.1) is 24.5 Å². The Balaban J connectivity index is 1.49. The van der Waals surface area contributed by atoms with Gasteiger partial charge in [-0.05, 0) is 56.3 Å². The van der Waals surface area contributed by atoms with Crippen LogP contribution in [-0.4, -0.2) is 54.2 Å². The quantitative estimate of drug-likeness (QED) is 0.827. The Bertz CT molecular complexity index is 560. The monoisotopic (exact) mass is 376 g/mol. The number of hydrogen-bond acceptors (Lipinski definition) is 4. The van der Waals surface area contributed by atoms with E-state index in [9.17, 15) is 4.79 Å². The molecule has 0 unspecified atom stereocenters. The van der Waals surface area contributed by atoms with Crippen molar-refractivity contribution < 1.29 is 9.53 Å². The number of ether oxygens (including phenoxy) is 1. The predicted octanol–water partition coefficient (Wildman–Crippen LogP) is 3.41. The SMILES string of the molecule is CSCC(=O)N1CCC[C@H](N)[C@@H]1CO[C@H]1CC[C@@H](c2ccccc2)CC1. The van der Waals surface area contributed by atoms with Gasteiger partial charge in [0.1, 0.15) is 0 Å². The molecule has 1 aliphatic carbocycles. The fraction of sp³-hybridized carbons (Fsp3) is 0.667. The van der Waals surface area contributed by atoms with Crippen LogP contribution in [0, 0.1) is 0 Å². The summed E-state index contributed by atoms with van der Waals surface area (Å²) in [5.74, 6) is 1.40. The van der Waals surface area contributed by atoms with Gasteiger partial charge in [-0.2, -0.15) is 11.8 Å². The van der Waals surface area contributed by atoms with Crippen LogP contribution in [-0.2, 0) is 9.53 Å². The number of carbonyl (C=O) groups excluding carboxylic acids is 1. The normalized spacial score (nSPS) is 29.5. The molecule has 144 valence electrons. The summed E-state index contributed by atoms with van der Waals surface area (Å²) in [6.45, 7) is 1.41. The second-order valence-corrected chi connectivity index (χ2v) is 8.48. The molecule has 1 aromatic carbocycles. The number of benzene rings is 1. The Morgan fingerprint density at radius 2 is 1.92 bits per heavy atom. The Hall–Kier alpha value is -1.04. The van der Waals surface area contributed by atoms with E-state index in [2.05, 4.69) is 30.3 Å². The fourth-order valence-corrected chi connectivity index (χ4v) is 4.75. The minimum atomic E-state index is 0.0372. The number of piperidine rings is 1. The third kappa shape index (κ3) is 5.02. The molecule has 3 rings (SSSR count). The standard InChI is InChI=1S/C21H32N2O2S/c1-26-15-21(24)23-13-5-8-19(22)20(23)14-25-18-11-9-17(10-12-18)16-6-3-2-4-7-16/h2-4,6-7,17-20H,5,8-15,22H2,1H3/t17-,18+,19-,20-/m0/s1. The summed E-state index contributed by atoms with van der Waals surface area (Å²) in [4.78, 5) is 14.4. The van der Waals surface area contributed by atoms with Gasteiger partial charge in [-0.25, -0.2) is 0 Å². The molecule has 0 spiro atoms. The number of nitrogens with two attached hydrogens (primary N) is 1. The summed E-state index contributed by atoms with van der Waals surface area (Å²) >= 11 is 1.58. The summed E-state index contributed by atoms with van der Waals surface area (Å²) in [6, 6.07) is 10.9. The number of nitrogens with zero attached hydrogens (tertiary/aromatic N) is 1. The second-order valence-electron chi connectivity index (χ2n) is 7.61. The van der Waals surface area contributed by atoms with Crippen molar-refractivity contribution in [1.29, 1.82) is 0 Å². The Labute approximate surface area is 161 Å². The smallest absolute Gasteiger partial charge is 0.232 e. The molecule has 2 N–H and O–H groups in total. The first kappa shape index (κ1) is 19.7. The van der Waals surface area contributed by atoms with Gasteiger partial charge in [-0.15, -0.1) is 0 Å². The lowest BCUT2D eigenvalue weighted by atomic mass is 9.83. The topological polar surface area (TPSA) is 55.6 Å². The van der Waals surface area contributed by atoms with Crippen LogP contribution in [0.4, 0.5) is 0 Å². The van der Waals surface area contributed by atoms with Crippen LogP contribution in [0.1, 0.15) is 50.0 Å². The molecule has 2 fully saturated rings. The van der Waals surface area contributed by atoms with E-state index in [1.165, 1.54) is 18.4 Å². The first-order valence-corrected chi connectivity index (χ1v) is 11.3. The number of hydrogen-bond donors (Lipinski definition) is 1. The zero-order valence-electron chi connectivity index (χ0n) is 15.8. The van der Waals surface area contributed by atoms with Gasteiger partial charge in [-0.1, -0.05) is 30.3 Å². The van der Waals surface area contributed by atoms with Gasteiger partial charge in [0, 0.05) is 12.6 Å². The van der Waals surface area contributed by atoms with Gasteiger partial charge in [-0.3, -0.25) is 4.79 Å². The van der Waals surface area contributed by atoms with Crippen molar-refractivity contribution in [1.82, 2.24) is 4.90 Å². The highest BCUT2D eigenvalue weighted by molar-refractivity contribution is 7.99. The van der Waals surface area contributed by atoms with E-state index in [0.717, 1.165) is 32.2 Å². The van der Waals surface area contributed by atoms with Crippen molar-refractivity contribution >= 4 is 17.7 Å². The molecule has 0 radical (unpaired) electrons. The van der Waals surface area contributed by atoms with Crippen LogP contribution in [0.5, 0.6) is 0 Å². The van der Waals surface area contributed by atoms with Crippen molar-refractivity contribution in [2.75, 3.05) is 25.2 Å². The molecule has 5 heteroatoms. The first-order valence-electron chi connectivity index (χ1n) is 9.89. The Morgan fingerprint density at radius 1 is 1.19 bits per heavy atom. The average Bonchev–Trinajstić information content (AvgIpc) is 2.68. The number of likely N-dealkylation sites (tertiary alicyclic amines) is 1. The highest BCUT2D eigenvalue weighted by atomic mass is 32.2. The molecule has 2 aliphatic rings. The summed E-state index contributed by atoms with van der Waals surface area (Å²) in [5, 5.41) is 0. The van der Waals surface area contributed by atoms with Crippen molar-refractivity contribution in [3.05, 3.63) is 35.9 Å². The highest BCUT2D eigenvalue weighted by Crippen LogP contribution is 2.34. The molecule has 1 amide bonds. The summed E-state index contributed by atoms with van der Waals surface area (Å²) < 4.78 is 6.25. The molecule has 1 saturated heterocycles. The molecule has 2 atom stereocenters. The number of amides is 1. The molecule has 1 saturated carbocycles. The molecular formula is C21H32N2O2S. The van der Waals surface area contributed by atoms with E-state index >= 15 is 0 Å². The van der Waals surface area contributed by atoms with Crippen molar-refractivity contribution in [2.45, 2.75) is 62.6 Å². The minimum absolute atomic E-state index is 0.0372. The lowest BCUT2D eigenvalue weighted by Crippen LogP contribution is -2.57. The van der Waals surface area contributed by atoms with Gasteiger partial charge >= 0.3 is 0 Å². The summed E-state index contributed by atoms with van der Waals surface area (Å²) in [7, 11) is 0.